The Kier molecular flexibility index (Phi) is 5.41. The Bertz CT molecular complexity index is 442. The molecule has 1 aromatic carbocycles. The fourth-order valence-electron chi connectivity index (χ4n) is 2.63. The summed E-state index contributed by atoms with van der Waals surface area (Å²) in [5.41, 5.74) is 2.27. The number of methoxy groups -OCH3 is 1. The van der Waals surface area contributed by atoms with Gasteiger partial charge in [0.2, 0.25) is 0 Å². The van der Waals surface area contributed by atoms with E-state index in [1.54, 1.807) is 0 Å². The lowest BCUT2D eigenvalue weighted by molar-refractivity contribution is -0.141. The Morgan fingerprint density at radius 3 is 2.80 bits per heavy atom. The zero-order valence-corrected chi connectivity index (χ0v) is 12.4. The van der Waals surface area contributed by atoms with Gasteiger partial charge in [0.05, 0.1) is 7.11 Å². The van der Waals surface area contributed by atoms with E-state index in [9.17, 15) is 4.79 Å². The van der Waals surface area contributed by atoms with Crippen LogP contribution in [0.4, 0.5) is 5.69 Å². The fourth-order valence-corrected chi connectivity index (χ4v) is 2.63. The molecule has 1 unspecified atom stereocenters. The molecule has 0 bridgehead atoms. The molecule has 1 fully saturated rings. The Balaban J connectivity index is 1.99. The number of hydrogen-bond acceptors (Lipinski definition) is 4. The molecule has 0 saturated carbocycles. The number of carbonyl (C=O) groups is 1. The average molecular weight is 276 g/mol. The molecule has 110 valence electrons. The molecule has 1 aliphatic heterocycles. The predicted octanol–water partition coefficient (Wildman–Crippen LogP) is 2.65. The SMILES string of the molecule is CCC(Nc1cccc(CN2CCCC2)c1)C(=O)OC. The largest absolute Gasteiger partial charge is 0.467 e. The quantitative estimate of drug-likeness (QED) is 0.811. The van der Waals surface area contributed by atoms with Crippen molar-refractivity contribution in [2.24, 2.45) is 0 Å². The van der Waals surface area contributed by atoms with Crippen molar-refractivity contribution in [3.05, 3.63) is 29.8 Å². The van der Waals surface area contributed by atoms with Crippen molar-refractivity contribution in [1.29, 1.82) is 0 Å². The van der Waals surface area contributed by atoms with Gasteiger partial charge in [0.25, 0.3) is 0 Å². The van der Waals surface area contributed by atoms with Gasteiger partial charge in [0, 0.05) is 12.2 Å². The predicted molar refractivity (Wildman–Crippen MR) is 80.7 cm³/mol. The number of anilines is 1. The van der Waals surface area contributed by atoms with Crippen LogP contribution >= 0.6 is 0 Å². The van der Waals surface area contributed by atoms with Crippen molar-refractivity contribution in [3.63, 3.8) is 0 Å². The maximum absolute atomic E-state index is 11.6. The molecule has 1 N–H and O–H groups in total. The van der Waals surface area contributed by atoms with E-state index in [4.69, 9.17) is 4.74 Å². The lowest BCUT2D eigenvalue weighted by atomic mass is 10.1. The van der Waals surface area contributed by atoms with Gasteiger partial charge in [-0.25, -0.2) is 4.79 Å². The molecular weight excluding hydrogens is 252 g/mol. The first-order chi connectivity index (χ1) is 9.72. The van der Waals surface area contributed by atoms with Crippen LogP contribution < -0.4 is 5.32 Å². The van der Waals surface area contributed by atoms with Gasteiger partial charge in [0.1, 0.15) is 6.04 Å². The minimum Gasteiger partial charge on any atom is -0.467 e. The van der Waals surface area contributed by atoms with Gasteiger partial charge >= 0.3 is 5.97 Å². The first kappa shape index (κ1) is 14.9. The van der Waals surface area contributed by atoms with Crippen molar-refractivity contribution < 1.29 is 9.53 Å². The van der Waals surface area contributed by atoms with Gasteiger partial charge < -0.3 is 10.1 Å². The third-order valence-electron chi connectivity index (χ3n) is 3.77. The first-order valence-electron chi connectivity index (χ1n) is 7.38. The van der Waals surface area contributed by atoms with Crippen LogP contribution in [0, 0.1) is 0 Å². The van der Waals surface area contributed by atoms with Crippen LogP contribution in [0.25, 0.3) is 0 Å². The van der Waals surface area contributed by atoms with Crippen molar-refractivity contribution in [3.8, 4) is 0 Å². The number of benzene rings is 1. The molecular formula is C16H24N2O2. The minimum absolute atomic E-state index is 0.211. The summed E-state index contributed by atoms with van der Waals surface area (Å²) in [4.78, 5) is 14.1. The zero-order chi connectivity index (χ0) is 14.4. The molecule has 0 amide bonds. The molecule has 4 nitrogen and oxygen atoms in total. The van der Waals surface area contributed by atoms with Crippen LogP contribution in [0.2, 0.25) is 0 Å². The molecule has 1 aromatic rings. The highest BCUT2D eigenvalue weighted by Crippen LogP contribution is 2.17. The van der Waals surface area contributed by atoms with E-state index in [0.29, 0.717) is 6.42 Å². The van der Waals surface area contributed by atoms with Crippen LogP contribution in [-0.2, 0) is 16.1 Å². The summed E-state index contributed by atoms with van der Waals surface area (Å²) < 4.78 is 4.80. The van der Waals surface area contributed by atoms with Gasteiger partial charge in [-0.15, -0.1) is 0 Å². The fraction of sp³-hybridized carbons (Fsp3) is 0.562. The maximum atomic E-state index is 11.6. The third kappa shape index (κ3) is 3.97. The highest BCUT2D eigenvalue weighted by molar-refractivity contribution is 5.79. The summed E-state index contributed by atoms with van der Waals surface area (Å²) in [6.45, 7) is 5.35. The first-order valence-corrected chi connectivity index (χ1v) is 7.38. The molecule has 0 aromatic heterocycles. The van der Waals surface area contributed by atoms with Gasteiger partial charge in [-0.1, -0.05) is 19.1 Å². The summed E-state index contributed by atoms with van der Waals surface area (Å²) >= 11 is 0. The molecule has 1 aliphatic rings. The summed E-state index contributed by atoms with van der Waals surface area (Å²) in [7, 11) is 1.43. The summed E-state index contributed by atoms with van der Waals surface area (Å²) in [5, 5.41) is 3.25. The number of rotatable bonds is 6. The summed E-state index contributed by atoms with van der Waals surface area (Å²) in [6.07, 6.45) is 3.32. The Hall–Kier alpha value is -1.55. The maximum Gasteiger partial charge on any atom is 0.328 e. The van der Waals surface area contributed by atoms with Gasteiger partial charge in [0.15, 0.2) is 0 Å². The van der Waals surface area contributed by atoms with Gasteiger partial charge in [-0.3, -0.25) is 4.90 Å². The third-order valence-corrected chi connectivity index (χ3v) is 3.77. The second-order valence-electron chi connectivity index (χ2n) is 5.31. The summed E-state index contributed by atoms with van der Waals surface area (Å²) in [6, 6.07) is 8.03. The van der Waals surface area contributed by atoms with E-state index in [0.717, 1.165) is 12.2 Å². The molecule has 0 aliphatic carbocycles. The number of nitrogens with one attached hydrogen (secondary N) is 1. The van der Waals surface area contributed by atoms with E-state index in [1.807, 2.05) is 19.1 Å². The van der Waals surface area contributed by atoms with E-state index >= 15 is 0 Å². The molecule has 0 spiro atoms. The minimum atomic E-state index is -0.276. The van der Waals surface area contributed by atoms with Crippen LogP contribution in [0.15, 0.2) is 24.3 Å². The molecule has 4 heteroatoms. The summed E-state index contributed by atoms with van der Waals surface area (Å²) in [5.74, 6) is -0.211. The average Bonchev–Trinajstić information content (AvgIpc) is 2.97. The number of ether oxygens (including phenoxy) is 1. The topological polar surface area (TPSA) is 41.6 Å². The molecule has 20 heavy (non-hydrogen) atoms. The van der Waals surface area contributed by atoms with E-state index < -0.39 is 0 Å². The smallest absolute Gasteiger partial charge is 0.328 e. The second kappa shape index (κ2) is 7.29. The normalized spacial score (nSPS) is 16.9. The zero-order valence-electron chi connectivity index (χ0n) is 12.4. The Morgan fingerprint density at radius 1 is 1.40 bits per heavy atom. The Morgan fingerprint density at radius 2 is 2.15 bits per heavy atom. The lowest BCUT2D eigenvalue weighted by Gasteiger charge is -2.18. The van der Waals surface area contributed by atoms with Gasteiger partial charge in [-0.2, -0.15) is 0 Å². The molecule has 2 rings (SSSR count). The van der Waals surface area contributed by atoms with E-state index in [-0.39, 0.29) is 12.0 Å². The molecule has 1 saturated heterocycles. The lowest BCUT2D eigenvalue weighted by Crippen LogP contribution is -2.29. The van der Waals surface area contributed by atoms with Gasteiger partial charge in [-0.05, 0) is 50.0 Å². The van der Waals surface area contributed by atoms with Crippen LogP contribution in [0.3, 0.4) is 0 Å². The van der Waals surface area contributed by atoms with Crippen molar-refractivity contribution in [2.75, 3.05) is 25.5 Å². The molecule has 1 atom stereocenters. The standard InChI is InChI=1S/C16H24N2O2/c1-3-15(16(19)20-2)17-14-8-6-7-13(11-14)12-18-9-4-5-10-18/h6-8,11,15,17H,3-5,9-10,12H2,1-2H3. The highest BCUT2D eigenvalue weighted by atomic mass is 16.5. The van der Waals surface area contributed by atoms with E-state index in [1.165, 1.54) is 38.6 Å². The second-order valence-corrected chi connectivity index (χ2v) is 5.31. The van der Waals surface area contributed by atoms with Crippen molar-refractivity contribution in [1.82, 2.24) is 4.90 Å². The number of carbonyl (C=O) groups excluding carboxylic acids is 1. The van der Waals surface area contributed by atoms with E-state index in [2.05, 4.69) is 22.3 Å². The highest BCUT2D eigenvalue weighted by Gasteiger charge is 2.17. The molecule has 1 heterocycles. The number of nitrogens with zero attached hydrogens (tertiary/aromatic N) is 1. The Labute approximate surface area is 121 Å². The number of likely N-dealkylation sites (tertiary alicyclic amines) is 1. The van der Waals surface area contributed by atoms with Crippen LogP contribution in [-0.4, -0.2) is 37.1 Å². The number of esters is 1. The monoisotopic (exact) mass is 276 g/mol. The number of hydrogen-bond donors (Lipinski definition) is 1. The molecule has 0 radical (unpaired) electrons. The van der Waals surface area contributed by atoms with Crippen LogP contribution in [0.5, 0.6) is 0 Å². The van der Waals surface area contributed by atoms with Crippen molar-refractivity contribution >= 4 is 11.7 Å². The van der Waals surface area contributed by atoms with Crippen LogP contribution in [0.1, 0.15) is 31.7 Å². The van der Waals surface area contributed by atoms with Crippen molar-refractivity contribution in [2.45, 2.75) is 38.8 Å².